The molecule has 1 unspecified atom stereocenters. The van der Waals surface area contributed by atoms with E-state index < -0.39 is 13.0 Å². The molecule has 1 rings (SSSR count). The maximum Gasteiger partial charge on any atom is 0.522 e. The molecule has 0 heterocycles. The van der Waals surface area contributed by atoms with Crippen molar-refractivity contribution in [3.8, 4) is 5.75 Å². The first-order valence-corrected chi connectivity index (χ1v) is 6.55. The Balaban J connectivity index is 2.50. The van der Waals surface area contributed by atoms with Gasteiger partial charge in [-0.1, -0.05) is 12.1 Å². The minimum absolute atomic E-state index is 0.0333. The van der Waals surface area contributed by atoms with Crippen molar-refractivity contribution in [1.29, 1.82) is 0 Å². The summed E-state index contributed by atoms with van der Waals surface area (Å²) in [5.74, 6) is 0.750. The SMILES string of the molecule is COc1cccc(C(CNCCOC(F)(F)F)N(C)C)c1. The Morgan fingerprint density at radius 2 is 2.00 bits per heavy atom. The van der Waals surface area contributed by atoms with Gasteiger partial charge in [0.1, 0.15) is 5.75 Å². The summed E-state index contributed by atoms with van der Waals surface area (Å²) in [5, 5.41) is 2.97. The van der Waals surface area contributed by atoms with E-state index in [0.717, 1.165) is 11.3 Å². The fraction of sp³-hybridized carbons (Fsp3) is 0.571. The summed E-state index contributed by atoms with van der Waals surface area (Å²) < 4.78 is 44.4. The molecule has 7 heteroatoms. The third kappa shape index (κ3) is 6.79. The summed E-state index contributed by atoms with van der Waals surface area (Å²) in [4.78, 5) is 1.99. The number of methoxy groups -OCH3 is 1. The van der Waals surface area contributed by atoms with Crippen molar-refractivity contribution < 1.29 is 22.6 Å². The molecule has 0 aliphatic heterocycles. The summed E-state index contributed by atoms with van der Waals surface area (Å²) in [7, 11) is 5.42. The van der Waals surface area contributed by atoms with Gasteiger partial charge in [-0.25, -0.2) is 0 Å². The lowest BCUT2D eigenvalue weighted by molar-refractivity contribution is -0.323. The maximum atomic E-state index is 11.8. The quantitative estimate of drug-likeness (QED) is 0.748. The van der Waals surface area contributed by atoms with Gasteiger partial charge in [0.15, 0.2) is 0 Å². The van der Waals surface area contributed by atoms with E-state index in [4.69, 9.17) is 4.74 Å². The number of halogens is 3. The van der Waals surface area contributed by atoms with Crippen LogP contribution < -0.4 is 10.1 Å². The Morgan fingerprint density at radius 3 is 2.57 bits per heavy atom. The van der Waals surface area contributed by atoms with Crippen molar-refractivity contribution in [2.45, 2.75) is 12.4 Å². The molecule has 1 aromatic rings. The van der Waals surface area contributed by atoms with Crippen molar-refractivity contribution >= 4 is 0 Å². The van der Waals surface area contributed by atoms with E-state index in [1.54, 1.807) is 7.11 Å². The Morgan fingerprint density at radius 1 is 1.29 bits per heavy atom. The Hall–Kier alpha value is -1.31. The highest BCUT2D eigenvalue weighted by Crippen LogP contribution is 2.22. The molecule has 21 heavy (non-hydrogen) atoms. The van der Waals surface area contributed by atoms with Crippen LogP contribution in [-0.2, 0) is 4.74 Å². The first kappa shape index (κ1) is 17.7. The molecule has 120 valence electrons. The zero-order chi connectivity index (χ0) is 15.9. The fourth-order valence-electron chi connectivity index (χ4n) is 1.93. The lowest BCUT2D eigenvalue weighted by Gasteiger charge is -2.25. The monoisotopic (exact) mass is 306 g/mol. The maximum absolute atomic E-state index is 11.8. The van der Waals surface area contributed by atoms with E-state index in [9.17, 15) is 13.2 Å². The molecule has 1 N–H and O–H groups in total. The van der Waals surface area contributed by atoms with Gasteiger partial charge in [-0.2, -0.15) is 0 Å². The van der Waals surface area contributed by atoms with E-state index in [1.165, 1.54) is 0 Å². The highest BCUT2D eigenvalue weighted by molar-refractivity contribution is 5.30. The van der Waals surface area contributed by atoms with Crippen molar-refractivity contribution in [1.82, 2.24) is 10.2 Å². The predicted octanol–water partition coefficient (Wildman–Crippen LogP) is 2.42. The van der Waals surface area contributed by atoms with Crippen LogP contribution in [-0.4, -0.2) is 52.2 Å². The van der Waals surface area contributed by atoms with Gasteiger partial charge in [0, 0.05) is 19.1 Å². The fourth-order valence-corrected chi connectivity index (χ4v) is 1.93. The third-order valence-electron chi connectivity index (χ3n) is 2.98. The third-order valence-corrected chi connectivity index (χ3v) is 2.98. The van der Waals surface area contributed by atoms with Crippen LogP contribution in [0.15, 0.2) is 24.3 Å². The molecule has 0 saturated heterocycles. The van der Waals surface area contributed by atoms with Crippen molar-refractivity contribution in [3.05, 3.63) is 29.8 Å². The molecule has 0 aliphatic rings. The number of benzene rings is 1. The molecule has 0 saturated carbocycles. The number of hydrogen-bond acceptors (Lipinski definition) is 4. The first-order valence-electron chi connectivity index (χ1n) is 6.55. The van der Waals surface area contributed by atoms with Crippen LogP contribution in [0.5, 0.6) is 5.75 Å². The smallest absolute Gasteiger partial charge is 0.497 e. The zero-order valence-electron chi connectivity index (χ0n) is 12.4. The number of likely N-dealkylation sites (N-methyl/N-ethyl adjacent to an activating group) is 1. The standard InChI is InChI=1S/C14H21F3N2O2/c1-19(2)13(10-18-7-8-21-14(15,16)17)11-5-4-6-12(9-11)20-3/h4-6,9,13,18H,7-8,10H2,1-3H3. The van der Waals surface area contributed by atoms with Crippen molar-refractivity contribution in [3.63, 3.8) is 0 Å². The number of rotatable bonds is 8. The summed E-state index contributed by atoms with van der Waals surface area (Å²) in [6.45, 7) is 0.247. The molecular formula is C14H21F3N2O2. The van der Waals surface area contributed by atoms with Gasteiger partial charge in [0.25, 0.3) is 0 Å². The van der Waals surface area contributed by atoms with Gasteiger partial charge >= 0.3 is 6.36 Å². The molecule has 1 aromatic carbocycles. The van der Waals surface area contributed by atoms with Gasteiger partial charge in [-0.3, -0.25) is 4.74 Å². The number of ether oxygens (including phenoxy) is 2. The van der Waals surface area contributed by atoms with Crippen LogP contribution in [0.2, 0.25) is 0 Å². The summed E-state index contributed by atoms with van der Waals surface area (Å²) in [6.07, 6.45) is -4.57. The van der Waals surface area contributed by atoms with Crippen LogP contribution in [0.1, 0.15) is 11.6 Å². The molecule has 0 amide bonds. The Kier molecular flexibility index (Phi) is 6.94. The Labute approximate surface area is 122 Å². The Bertz CT molecular complexity index is 425. The van der Waals surface area contributed by atoms with Gasteiger partial charge in [-0.05, 0) is 31.8 Å². The molecule has 1 atom stereocenters. The average molecular weight is 306 g/mol. The van der Waals surface area contributed by atoms with Crippen LogP contribution in [0.4, 0.5) is 13.2 Å². The van der Waals surface area contributed by atoms with Crippen LogP contribution in [0.25, 0.3) is 0 Å². The number of nitrogens with zero attached hydrogens (tertiary/aromatic N) is 1. The second-order valence-corrected chi connectivity index (χ2v) is 4.75. The lowest BCUT2D eigenvalue weighted by Crippen LogP contribution is -2.33. The van der Waals surface area contributed by atoms with Crippen molar-refractivity contribution in [2.24, 2.45) is 0 Å². The van der Waals surface area contributed by atoms with E-state index in [-0.39, 0.29) is 12.6 Å². The average Bonchev–Trinajstić information content (AvgIpc) is 2.41. The topological polar surface area (TPSA) is 33.7 Å². The summed E-state index contributed by atoms with van der Waals surface area (Å²) in [5.41, 5.74) is 1.03. The van der Waals surface area contributed by atoms with Gasteiger partial charge in [0.05, 0.1) is 13.7 Å². The minimum Gasteiger partial charge on any atom is -0.497 e. The molecule has 0 radical (unpaired) electrons. The van der Waals surface area contributed by atoms with Crippen molar-refractivity contribution in [2.75, 3.05) is 40.9 Å². The molecular weight excluding hydrogens is 285 g/mol. The van der Waals surface area contributed by atoms with E-state index in [2.05, 4.69) is 10.1 Å². The van der Waals surface area contributed by atoms with Crippen LogP contribution in [0.3, 0.4) is 0 Å². The molecule has 0 spiro atoms. The number of hydrogen-bond donors (Lipinski definition) is 1. The molecule has 0 aromatic heterocycles. The highest BCUT2D eigenvalue weighted by Gasteiger charge is 2.28. The molecule has 4 nitrogen and oxygen atoms in total. The highest BCUT2D eigenvalue weighted by atomic mass is 19.4. The number of alkyl halides is 3. The first-order chi connectivity index (χ1) is 9.83. The largest absolute Gasteiger partial charge is 0.522 e. The minimum atomic E-state index is -4.57. The molecule has 0 aliphatic carbocycles. The van der Waals surface area contributed by atoms with Crippen LogP contribution >= 0.6 is 0 Å². The van der Waals surface area contributed by atoms with Gasteiger partial charge in [-0.15, -0.1) is 13.2 Å². The summed E-state index contributed by atoms with van der Waals surface area (Å²) in [6, 6.07) is 7.64. The normalized spacial score (nSPS) is 13.5. The van der Waals surface area contributed by atoms with E-state index in [0.29, 0.717) is 6.54 Å². The predicted molar refractivity (Wildman–Crippen MR) is 74.3 cm³/mol. The van der Waals surface area contributed by atoms with Gasteiger partial charge < -0.3 is 15.0 Å². The second-order valence-electron chi connectivity index (χ2n) is 4.75. The van der Waals surface area contributed by atoms with Gasteiger partial charge in [0.2, 0.25) is 0 Å². The second kappa shape index (κ2) is 8.21. The van der Waals surface area contributed by atoms with E-state index in [1.807, 2.05) is 43.3 Å². The zero-order valence-corrected chi connectivity index (χ0v) is 12.4. The summed E-state index contributed by atoms with van der Waals surface area (Å²) >= 11 is 0. The van der Waals surface area contributed by atoms with E-state index >= 15 is 0 Å². The lowest BCUT2D eigenvalue weighted by atomic mass is 10.1. The number of nitrogens with one attached hydrogen (secondary N) is 1. The molecule has 0 fully saturated rings. The van der Waals surface area contributed by atoms with Crippen LogP contribution in [0, 0.1) is 0 Å². The molecule has 0 bridgehead atoms.